The predicted octanol–water partition coefficient (Wildman–Crippen LogP) is 3.38. The second-order valence-electron chi connectivity index (χ2n) is 8.77. The number of anilines is 1. The number of hydrogen-bond acceptors (Lipinski definition) is 5. The van der Waals surface area contributed by atoms with Crippen LogP contribution in [0.4, 0.5) is 5.82 Å². The molecule has 33 heavy (non-hydrogen) atoms. The average Bonchev–Trinajstić information content (AvgIpc) is 3.64. The second-order valence-corrected chi connectivity index (χ2v) is 10.7. The van der Waals surface area contributed by atoms with E-state index in [1.54, 1.807) is 19.3 Å². The lowest BCUT2D eigenvalue weighted by Crippen LogP contribution is -2.31. The first-order valence-corrected chi connectivity index (χ1v) is 12.5. The lowest BCUT2D eigenvalue weighted by molar-refractivity contribution is 0.0946. The van der Waals surface area contributed by atoms with Gasteiger partial charge in [0.05, 0.1) is 4.90 Å². The Hall–Kier alpha value is -3.23. The Labute approximate surface area is 193 Å². The number of rotatable bonds is 5. The van der Waals surface area contributed by atoms with Gasteiger partial charge in [0.15, 0.2) is 0 Å². The molecular formula is C25H26N4O3S. The van der Waals surface area contributed by atoms with E-state index in [1.807, 2.05) is 43.3 Å². The summed E-state index contributed by atoms with van der Waals surface area (Å²) >= 11 is 0. The number of nitrogens with two attached hydrogens (primary N) is 1. The summed E-state index contributed by atoms with van der Waals surface area (Å²) < 4.78 is 27.4. The number of benzene rings is 2. The van der Waals surface area contributed by atoms with Crippen molar-refractivity contribution in [2.45, 2.75) is 37.1 Å². The predicted molar refractivity (Wildman–Crippen MR) is 128 cm³/mol. The lowest BCUT2D eigenvalue weighted by atomic mass is 9.94. The molecule has 170 valence electrons. The van der Waals surface area contributed by atoms with Gasteiger partial charge in [0, 0.05) is 42.5 Å². The molecule has 1 aromatic heterocycles. The molecule has 1 aliphatic carbocycles. The summed E-state index contributed by atoms with van der Waals surface area (Å²) in [6, 6.07) is 13.1. The van der Waals surface area contributed by atoms with Crippen LogP contribution >= 0.6 is 0 Å². The van der Waals surface area contributed by atoms with E-state index >= 15 is 0 Å². The molecule has 0 radical (unpaired) electrons. The summed E-state index contributed by atoms with van der Waals surface area (Å²) in [5.74, 6) is 0.349. The highest BCUT2D eigenvalue weighted by molar-refractivity contribution is 7.89. The number of aryl methyl sites for hydroxylation is 1. The zero-order chi connectivity index (χ0) is 23.3. The maximum atomic E-state index is 13.0. The Bertz CT molecular complexity index is 1380. The molecule has 3 aromatic rings. The van der Waals surface area contributed by atoms with Crippen molar-refractivity contribution in [1.82, 2.24) is 14.6 Å². The number of aromatic nitrogens is 1. The van der Waals surface area contributed by atoms with Gasteiger partial charge in [-0.2, -0.15) is 4.31 Å². The van der Waals surface area contributed by atoms with Crippen molar-refractivity contribution in [1.29, 1.82) is 0 Å². The van der Waals surface area contributed by atoms with E-state index in [4.69, 9.17) is 5.73 Å². The van der Waals surface area contributed by atoms with Gasteiger partial charge in [-0.15, -0.1) is 0 Å². The molecule has 1 amide bonds. The number of nitrogens with one attached hydrogen (secondary N) is 1. The van der Waals surface area contributed by atoms with Crippen LogP contribution in [0.25, 0.3) is 22.3 Å². The van der Waals surface area contributed by atoms with Crippen molar-refractivity contribution in [3.8, 4) is 22.3 Å². The van der Waals surface area contributed by atoms with Crippen LogP contribution in [0.2, 0.25) is 0 Å². The van der Waals surface area contributed by atoms with Gasteiger partial charge in [-0.25, -0.2) is 13.4 Å². The molecule has 8 heteroatoms. The van der Waals surface area contributed by atoms with Crippen LogP contribution in [0.5, 0.6) is 0 Å². The molecule has 1 fully saturated rings. The largest absolute Gasteiger partial charge is 0.383 e. The fourth-order valence-electron chi connectivity index (χ4n) is 4.37. The Morgan fingerprint density at radius 3 is 2.52 bits per heavy atom. The number of carbonyl (C=O) groups excluding carboxylic acids is 1. The summed E-state index contributed by atoms with van der Waals surface area (Å²) in [4.78, 5) is 16.8. The molecule has 2 aromatic carbocycles. The lowest BCUT2D eigenvalue weighted by Gasteiger charge is -2.19. The Balaban J connectivity index is 1.51. The molecule has 0 atom stereocenters. The van der Waals surface area contributed by atoms with Gasteiger partial charge in [0.2, 0.25) is 10.0 Å². The molecule has 2 aliphatic rings. The van der Waals surface area contributed by atoms with E-state index in [0.717, 1.165) is 47.1 Å². The number of amides is 1. The minimum atomic E-state index is -3.51. The summed E-state index contributed by atoms with van der Waals surface area (Å²) in [6.07, 6.45) is 4.30. The van der Waals surface area contributed by atoms with E-state index in [1.165, 1.54) is 4.31 Å². The number of carbonyl (C=O) groups is 1. The van der Waals surface area contributed by atoms with Crippen molar-refractivity contribution < 1.29 is 13.2 Å². The Kier molecular flexibility index (Phi) is 5.22. The minimum absolute atomic E-state index is 0.0551. The fourth-order valence-corrected chi connectivity index (χ4v) is 5.99. The maximum Gasteiger partial charge on any atom is 0.251 e. The van der Waals surface area contributed by atoms with E-state index in [9.17, 15) is 13.2 Å². The van der Waals surface area contributed by atoms with Crippen molar-refractivity contribution in [2.24, 2.45) is 0 Å². The van der Waals surface area contributed by atoms with Crippen LogP contribution in [0, 0.1) is 6.92 Å². The van der Waals surface area contributed by atoms with E-state index in [2.05, 4.69) is 10.3 Å². The van der Waals surface area contributed by atoms with Gasteiger partial charge >= 0.3 is 0 Å². The molecular weight excluding hydrogens is 436 g/mol. The summed E-state index contributed by atoms with van der Waals surface area (Å²) in [6.45, 7) is 2.44. The molecule has 5 rings (SSSR count). The molecule has 3 N–H and O–H groups in total. The molecule has 0 saturated heterocycles. The summed E-state index contributed by atoms with van der Waals surface area (Å²) in [7, 11) is -1.86. The van der Waals surface area contributed by atoms with Gasteiger partial charge in [-0.3, -0.25) is 4.79 Å². The molecule has 0 bridgehead atoms. The Morgan fingerprint density at radius 1 is 1.03 bits per heavy atom. The molecule has 0 unspecified atom stereocenters. The topological polar surface area (TPSA) is 105 Å². The summed E-state index contributed by atoms with van der Waals surface area (Å²) in [5, 5.41) is 2.85. The van der Waals surface area contributed by atoms with Gasteiger partial charge in [0.25, 0.3) is 5.91 Å². The molecule has 0 spiro atoms. The van der Waals surface area contributed by atoms with E-state index in [0.29, 0.717) is 28.4 Å². The number of hydrogen-bond donors (Lipinski definition) is 2. The van der Waals surface area contributed by atoms with Crippen molar-refractivity contribution in [2.75, 3.05) is 19.3 Å². The van der Waals surface area contributed by atoms with Crippen LogP contribution in [0.3, 0.4) is 0 Å². The van der Waals surface area contributed by atoms with Gasteiger partial charge in [-0.05, 0) is 66.6 Å². The van der Waals surface area contributed by atoms with Crippen LogP contribution < -0.4 is 11.1 Å². The molecule has 1 saturated carbocycles. The van der Waals surface area contributed by atoms with Gasteiger partial charge in [-0.1, -0.05) is 24.3 Å². The first-order chi connectivity index (χ1) is 15.8. The minimum Gasteiger partial charge on any atom is -0.383 e. The monoisotopic (exact) mass is 462 g/mol. The standard InChI is InChI=1S/C25H26N4O3S/c1-15-11-16(4-8-23(15)33(31,32)29(2)20-5-6-20)19-13-22(24(26)28-14-19)17-3-7-21-18(12-17)9-10-27-25(21)30/h3-4,7-8,11-14,20H,5-6,9-10H2,1-2H3,(H2,26,28)(H,27,30). The number of nitrogens with zero attached hydrogens (tertiary/aromatic N) is 2. The van der Waals surface area contributed by atoms with Crippen molar-refractivity contribution in [3.63, 3.8) is 0 Å². The number of fused-ring (bicyclic) bond motifs is 1. The van der Waals surface area contributed by atoms with Crippen LogP contribution in [-0.2, 0) is 16.4 Å². The zero-order valence-corrected chi connectivity index (χ0v) is 19.4. The summed E-state index contributed by atoms with van der Waals surface area (Å²) in [5.41, 5.74) is 12.0. The quantitative estimate of drug-likeness (QED) is 0.605. The fraction of sp³-hybridized carbons (Fsp3) is 0.280. The third-order valence-electron chi connectivity index (χ3n) is 6.49. The first-order valence-electron chi connectivity index (χ1n) is 11.0. The zero-order valence-electron chi connectivity index (χ0n) is 18.6. The average molecular weight is 463 g/mol. The third-order valence-corrected chi connectivity index (χ3v) is 8.56. The van der Waals surface area contributed by atoms with Gasteiger partial charge < -0.3 is 11.1 Å². The SMILES string of the molecule is Cc1cc(-c2cnc(N)c(-c3ccc4c(c3)CCNC4=O)c2)ccc1S(=O)(=O)N(C)C1CC1. The van der Waals surface area contributed by atoms with Crippen LogP contribution in [0.1, 0.15) is 34.3 Å². The second kappa shape index (κ2) is 7.97. The highest BCUT2D eigenvalue weighted by atomic mass is 32.2. The highest BCUT2D eigenvalue weighted by Gasteiger charge is 2.35. The first kappa shape index (κ1) is 21.6. The van der Waals surface area contributed by atoms with Crippen molar-refractivity contribution in [3.05, 3.63) is 65.4 Å². The number of nitrogen functional groups attached to an aromatic ring is 1. The van der Waals surface area contributed by atoms with Crippen molar-refractivity contribution >= 4 is 21.7 Å². The third kappa shape index (κ3) is 3.89. The van der Waals surface area contributed by atoms with E-state index in [-0.39, 0.29) is 11.9 Å². The molecule has 2 heterocycles. The molecule has 7 nitrogen and oxygen atoms in total. The Morgan fingerprint density at radius 2 is 1.79 bits per heavy atom. The highest BCUT2D eigenvalue weighted by Crippen LogP contribution is 2.35. The number of sulfonamides is 1. The normalized spacial score (nSPS) is 15.9. The number of pyridine rings is 1. The smallest absolute Gasteiger partial charge is 0.251 e. The van der Waals surface area contributed by atoms with Gasteiger partial charge in [0.1, 0.15) is 5.82 Å². The van der Waals surface area contributed by atoms with E-state index < -0.39 is 10.0 Å². The molecule has 1 aliphatic heterocycles. The van der Waals surface area contributed by atoms with Crippen LogP contribution in [0.15, 0.2) is 53.6 Å². The maximum absolute atomic E-state index is 13.0. The van der Waals surface area contributed by atoms with Crippen LogP contribution in [-0.4, -0.2) is 43.2 Å².